The summed E-state index contributed by atoms with van der Waals surface area (Å²) >= 11 is 0. The fourth-order valence-corrected chi connectivity index (χ4v) is 1.21. The molecule has 16 heavy (non-hydrogen) atoms. The molecule has 0 aliphatic heterocycles. The Morgan fingerprint density at radius 3 is 2.75 bits per heavy atom. The van der Waals surface area contributed by atoms with Gasteiger partial charge in [0.1, 0.15) is 6.61 Å². The molecule has 1 atom stereocenters. The van der Waals surface area contributed by atoms with Gasteiger partial charge in [-0.25, -0.2) is 0 Å². The third-order valence-electron chi connectivity index (χ3n) is 2.11. The third kappa shape index (κ3) is 4.91. The van der Waals surface area contributed by atoms with E-state index in [2.05, 4.69) is 5.32 Å². The number of benzene rings is 1. The molecule has 0 bridgehead atoms. The van der Waals surface area contributed by atoms with Gasteiger partial charge in [-0.15, -0.1) is 0 Å². The molecule has 0 aromatic heterocycles. The number of nitrogens with one attached hydrogen (secondary N) is 1. The lowest BCUT2D eigenvalue weighted by atomic mass is 10.2. The molecule has 4 heteroatoms. The van der Waals surface area contributed by atoms with Crippen LogP contribution in [0.1, 0.15) is 12.5 Å². The molecule has 0 fully saturated rings. The first-order valence-corrected chi connectivity index (χ1v) is 5.33. The van der Waals surface area contributed by atoms with Gasteiger partial charge in [0.15, 0.2) is 0 Å². The highest BCUT2D eigenvalue weighted by Gasteiger charge is 2.05. The maximum Gasteiger partial charge on any atom is 0.246 e. The van der Waals surface area contributed by atoms with E-state index in [0.29, 0.717) is 13.2 Å². The Kier molecular flexibility index (Phi) is 5.53. The van der Waals surface area contributed by atoms with Crippen LogP contribution in [0.2, 0.25) is 0 Å². The van der Waals surface area contributed by atoms with Crippen LogP contribution < -0.4 is 11.1 Å². The number of amides is 1. The summed E-state index contributed by atoms with van der Waals surface area (Å²) in [6.07, 6.45) is 0. The average Bonchev–Trinajstić information content (AvgIpc) is 2.30. The molecular formula is C12H18N2O2. The minimum absolute atomic E-state index is 0.00664. The van der Waals surface area contributed by atoms with Crippen molar-refractivity contribution in [2.24, 2.45) is 5.73 Å². The highest BCUT2D eigenvalue weighted by molar-refractivity contribution is 5.77. The van der Waals surface area contributed by atoms with Gasteiger partial charge in [0.05, 0.1) is 6.61 Å². The van der Waals surface area contributed by atoms with Gasteiger partial charge in [-0.1, -0.05) is 30.3 Å². The Bertz CT molecular complexity index is 314. The summed E-state index contributed by atoms with van der Waals surface area (Å²) < 4.78 is 5.27. The van der Waals surface area contributed by atoms with E-state index >= 15 is 0 Å². The highest BCUT2D eigenvalue weighted by atomic mass is 16.5. The summed E-state index contributed by atoms with van der Waals surface area (Å²) in [7, 11) is 0. The van der Waals surface area contributed by atoms with Gasteiger partial charge in [-0.3, -0.25) is 4.79 Å². The van der Waals surface area contributed by atoms with Gasteiger partial charge in [-0.2, -0.15) is 0 Å². The summed E-state index contributed by atoms with van der Waals surface area (Å²) in [6.45, 7) is 2.81. The average molecular weight is 222 g/mol. The molecule has 1 amide bonds. The Morgan fingerprint density at radius 2 is 2.12 bits per heavy atom. The molecule has 0 spiro atoms. The lowest BCUT2D eigenvalue weighted by Crippen LogP contribution is -2.39. The standard InChI is InChI=1S/C12H18N2O2/c1-10(7-13)14-12(15)9-16-8-11-5-3-2-4-6-11/h2-6,10H,7-9,13H2,1H3,(H,14,15)/t10-/m0/s1. The molecule has 88 valence electrons. The number of ether oxygens (including phenoxy) is 1. The highest BCUT2D eigenvalue weighted by Crippen LogP contribution is 1.99. The van der Waals surface area contributed by atoms with Crippen molar-refractivity contribution in [2.45, 2.75) is 19.6 Å². The first-order valence-electron chi connectivity index (χ1n) is 5.33. The summed E-state index contributed by atoms with van der Waals surface area (Å²) in [5.74, 6) is -0.131. The molecule has 1 aromatic carbocycles. The Hall–Kier alpha value is -1.39. The largest absolute Gasteiger partial charge is 0.367 e. The topological polar surface area (TPSA) is 64.3 Å². The van der Waals surface area contributed by atoms with Crippen LogP contribution in [0.25, 0.3) is 0 Å². The van der Waals surface area contributed by atoms with E-state index < -0.39 is 0 Å². The van der Waals surface area contributed by atoms with Crippen LogP contribution in [0.15, 0.2) is 30.3 Å². The van der Waals surface area contributed by atoms with Gasteiger partial charge < -0.3 is 15.8 Å². The Labute approximate surface area is 95.8 Å². The fourth-order valence-electron chi connectivity index (χ4n) is 1.21. The van der Waals surface area contributed by atoms with Crippen molar-refractivity contribution < 1.29 is 9.53 Å². The molecule has 0 aliphatic carbocycles. The second kappa shape index (κ2) is 6.98. The molecule has 4 nitrogen and oxygen atoms in total. The van der Waals surface area contributed by atoms with Crippen molar-refractivity contribution in [2.75, 3.05) is 13.2 Å². The smallest absolute Gasteiger partial charge is 0.246 e. The second-order valence-corrected chi connectivity index (χ2v) is 3.68. The monoisotopic (exact) mass is 222 g/mol. The van der Waals surface area contributed by atoms with Gasteiger partial charge >= 0.3 is 0 Å². The lowest BCUT2D eigenvalue weighted by Gasteiger charge is -2.11. The van der Waals surface area contributed by atoms with Crippen LogP contribution in [0.4, 0.5) is 0 Å². The van der Waals surface area contributed by atoms with Crippen LogP contribution in [-0.2, 0) is 16.1 Å². The quantitative estimate of drug-likeness (QED) is 0.743. The van der Waals surface area contributed by atoms with Crippen molar-refractivity contribution >= 4 is 5.91 Å². The SMILES string of the molecule is C[C@@H](CN)NC(=O)COCc1ccccc1. The number of carbonyl (C=O) groups is 1. The van der Waals surface area contributed by atoms with E-state index in [1.165, 1.54) is 0 Å². The molecule has 1 rings (SSSR count). The number of hydrogen-bond donors (Lipinski definition) is 2. The minimum Gasteiger partial charge on any atom is -0.367 e. The molecular weight excluding hydrogens is 204 g/mol. The van der Waals surface area contributed by atoms with Crippen LogP contribution in [-0.4, -0.2) is 25.1 Å². The van der Waals surface area contributed by atoms with E-state index in [9.17, 15) is 4.79 Å². The van der Waals surface area contributed by atoms with Crippen LogP contribution >= 0.6 is 0 Å². The zero-order valence-electron chi connectivity index (χ0n) is 9.48. The van der Waals surface area contributed by atoms with E-state index in [1.54, 1.807) is 0 Å². The van der Waals surface area contributed by atoms with Gasteiger partial charge in [0.2, 0.25) is 5.91 Å². The lowest BCUT2D eigenvalue weighted by molar-refractivity contribution is -0.126. The number of rotatable bonds is 6. The predicted molar refractivity (Wildman–Crippen MR) is 62.8 cm³/mol. The van der Waals surface area contributed by atoms with E-state index in [4.69, 9.17) is 10.5 Å². The van der Waals surface area contributed by atoms with E-state index in [0.717, 1.165) is 5.56 Å². The summed E-state index contributed by atoms with van der Waals surface area (Å²) in [5.41, 5.74) is 6.44. The second-order valence-electron chi connectivity index (χ2n) is 3.68. The number of hydrogen-bond acceptors (Lipinski definition) is 3. The van der Waals surface area contributed by atoms with Crippen molar-refractivity contribution in [1.29, 1.82) is 0 Å². The van der Waals surface area contributed by atoms with E-state index in [-0.39, 0.29) is 18.6 Å². The molecule has 0 unspecified atom stereocenters. The first-order chi connectivity index (χ1) is 7.72. The maximum absolute atomic E-state index is 11.3. The summed E-state index contributed by atoms with van der Waals surface area (Å²) in [5, 5.41) is 2.73. The van der Waals surface area contributed by atoms with Crippen LogP contribution in [0.5, 0.6) is 0 Å². The normalized spacial score (nSPS) is 12.1. The molecule has 1 aromatic rings. The molecule has 0 aliphatic rings. The minimum atomic E-state index is -0.131. The Morgan fingerprint density at radius 1 is 1.44 bits per heavy atom. The van der Waals surface area contributed by atoms with Gasteiger partial charge in [-0.05, 0) is 12.5 Å². The van der Waals surface area contributed by atoms with Crippen molar-refractivity contribution in [3.05, 3.63) is 35.9 Å². The zero-order chi connectivity index (χ0) is 11.8. The molecule has 0 heterocycles. The first kappa shape index (κ1) is 12.7. The molecule has 0 radical (unpaired) electrons. The van der Waals surface area contributed by atoms with Crippen molar-refractivity contribution in [1.82, 2.24) is 5.32 Å². The van der Waals surface area contributed by atoms with Crippen molar-refractivity contribution in [3.63, 3.8) is 0 Å². The van der Waals surface area contributed by atoms with Crippen LogP contribution in [0.3, 0.4) is 0 Å². The number of nitrogens with two attached hydrogens (primary N) is 1. The Balaban J connectivity index is 2.18. The molecule has 3 N–H and O–H groups in total. The zero-order valence-corrected chi connectivity index (χ0v) is 9.48. The fraction of sp³-hybridized carbons (Fsp3) is 0.417. The van der Waals surface area contributed by atoms with Gasteiger partial charge in [0, 0.05) is 12.6 Å². The third-order valence-corrected chi connectivity index (χ3v) is 2.11. The van der Waals surface area contributed by atoms with Crippen LogP contribution in [0, 0.1) is 0 Å². The molecule has 0 saturated heterocycles. The van der Waals surface area contributed by atoms with Crippen molar-refractivity contribution in [3.8, 4) is 0 Å². The summed E-state index contributed by atoms with van der Waals surface area (Å²) in [4.78, 5) is 11.3. The van der Waals surface area contributed by atoms with E-state index in [1.807, 2.05) is 37.3 Å². The number of carbonyl (C=O) groups excluding carboxylic acids is 1. The van der Waals surface area contributed by atoms with Gasteiger partial charge in [0.25, 0.3) is 0 Å². The maximum atomic E-state index is 11.3. The molecule has 0 saturated carbocycles. The predicted octanol–water partition coefficient (Wildman–Crippen LogP) is 0.667. The summed E-state index contributed by atoms with van der Waals surface area (Å²) in [6, 6.07) is 9.73.